The number of carboxylic acid groups (broad SMARTS) is 1. The minimum absolute atomic E-state index is 0.0164. The number of amides is 1. The van der Waals surface area contributed by atoms with Gasteiger partial charge >= 0.3 is 5.97 Å². The van der Waals surface area contributed by atoms with Crippen LogP contribution in [0, 0.1) is 12.8 Å². The summed E-state index contributed by atoms with van der Waals surface area (Å²) < 4.78 is 0. The Morgan fingerprint density at radius 1 is 1.60 bits per heavy atom. The molecule has 1 aromatic heterocycles. The number of rotatable bonds is 5. The number of carbonyl (C=O) groups excluding carboxylic acids is 1. The van der Waals surface area contributed by atoms with E-state index in [0.29, 0.717) is 24.7 Å². The maximum absolute atomic E-state index is 12.3. The molecule has 110 valence electrons. The molecule has 0 saturated carbocycles. The highest BCUT2D eigenvalue weighted by atomic mass is 32.1. The second kappa shape index (κ2) is 6.81. The van der Waals surface area contributed by atoms with Gasteiger partial charge in [-0.05, 0) is 25.7 Å². The van der Waals surface area contributed by atoms with Gasteiger partial charge in [0.1, 0.15) is 5.69 Å². The minimum Gasteiger partial charge on any atom is -0.480 e. The standard InChI is InChI=1S/C13H19N3O3S/c1-9-15-11(8-20-9)13(19)16-4-2-3-10(7-16)5-14-6-12(17)18/h8,10,14H,2-7H2,1H3,(H,17,18). The number of hydrogen-bond acceptors (Lipinski definition) is 5. The lowest BCUT2D eigenvalue weighted by Gasteiger charge is -2.32. The smallest absolute Gasteiger partial charge is 0.317 e. The Morgan fingerprint density at radius 2 is 2.40 bits per heavy atom. The fraction of sp³-hybridized carbons (Fsp3) is 0.615. The average molecular weight is 297 g/mol. The van der Waals surface area contributed by atoms with Crippen LogP contribution in [0.1, 0.15) is 28.3 Å². The first kappa shape index (κ1) is 14.9. The zero-order valence-electron chi connectivity index (χ0n) is 11.5. The van der Waals surface area contributed by atoms with E-state index in [2.05, 4.69) is 10.3 Å². The third kappa shape index (κ3) is 4.01. The zero-order valence-corrected chi connectivity index (χ0v) is 12.3. The van der Waals surface area contributed by atoms with Crippen LogP contribution in [0.15, 0.2) is 5.38 Å². The summed E-state index contributed by atoms with van der Waals surface area (Å²) in [5.41, 5.74) is 0.520. The number of hydrogen-bond donors (Lipinski definition) is 2. The number of thiazole rings is 1. The average Bonchev–Trinajstić information content (AvgIpc) is 2.84. The van der Waals surface area contributed by atoms with E-state index in [0.717, 1.165) is 24.4 Å². The predicted molar refractivity (Wildman–Crippen MR) is 76.0 cm³/mol. The summed E-state index contributed by atoms with van der Waals surface area (Å²) in [6.07, 6.45) is 1.97. The molecule has 20 heavy (non-hydrogen) atoms. The molecule has 1 saturated heterocycles. The van der Waals surface area contributed by atoms with Gasteiger partial charge in [0.05, 0.1) is 11.6 Å². The van der Waals surface area contributed by atoms with Crippen LogP contribution in [0.5, 0.6) is 0 Å². The number of nitrogens with zero attached hydrogens (tertiary/aromatic N) is 2. The van der Waals surface area contributed by atoms with Crippen molar-refractivity contribution in [1.82, 2.24) is 15.2 Å². The molecule has 2 N–H and O–H groups in total. The van der Waals surface area contributed by atoms with Crippen molar-refractivity contribution >= 4 is 23.2 Å². The summed E-state index contributed by atoms with van der Waals surface area (Å²) in [5, 5.41) is 14.2. The molecule has 1 aliphatic heterocycles. The molecule has 1 aliphatic rings. The Kier molecular flexibility index (Phi) is 5.08. The fourth-order valence-electron chi connectivity index (χ4n) is 2.42. The molecule has 2 heterocycles. The van der Waals surface area contributed by atoms with Crippen LogP contribution in [-0.2, 0) is 4.79 Å². The molecule has 0 aliphatic carbocycles. The fourth-order valence-corrected chi connectivity index (χ4v) is 3.01. The van der Waals surface area contributed by atoms with Crippen LogP contribution in [0.25, 0.3) is 0 Å². The number of likely N-dealkylation sites (tertiary alicyclic amines) is 1. The molecule has 1 atom stereocenters. The summed E-state index contributed by atoms with van der Waals surface area (Å²) >= 11 is 1.48. The van der Waals surface area contributed by atoms with Crippen LogP contribution >= 0.6 is 11.3 Å². The molecule has 1 aromatic rings. The second-order valence-corrected chi connectivity index (χ2v) is 6.10. The highest BCUT2D eigenvalue weighted by Gasteiger charge is 2.25. The van der Waals surface area contributed by atoms with Crippen LogP contribution in [0.2, 0.25) is 0 Å². The third-order valence-electron chi connectivity index (χ3n) is 3.35. The number of carbonyl (C=O) groups is 2. The molecule has 6 nitrogen and oxygen atoms in total. The minimum atomic E-state index is -0.855. The van der Waals surface area contributed by atoms with E-state index in [4.69, 9.17) is 5.11 Å². The highest BCUT2D eigenvalue weighted by molar-refractivity contribution is 7.09. The number of aryl methyl sites for hydroxylation is 1. The molecule has 1 amide bonds. The molecule has 1 unspecified atom stereocenters. The quantitative estimate of drug-likeness (QED) is 0.846. The van der Waals surface area contributed by atoms with Crippen LogP contribution in [0.3, 0.4) is 0 Å². The lowest BCUT2D eigenvalue weighted by Crippen LogP contribution is -2.43. The van der Waals surface area contributed by atoms with Crippen molar-refractivity contribution < 1.29 is 14.7 Å². The predicted octanol–water partition coefficient (Wildman–Crippen LogP) is 0.978. The molecule has 0 radical (unpaired) electrons. The normalized spacial score (nSPS) is 19.1. The van der Waals surface area contributed by atoms with Crippen molar-refractivity contribution in [1.29, 1.82) is 0 Å². The number of aliphatic carboxylic acids is 1. The molecule has 2 rings (SSSR count). The van der Waals surface area contributed by atoms with Crippen LogP contribution < -0.4 is 5.32 Å². The first-order valence-corrected chi connectivity index (χ1v) is 7.58. The topological polar surface area (TPSA) is 82.5 Å². The van der Waals surface area contributed by atoms with E-state index in [1.165, 1.54) is 11.3 Å². The number of aromatic nitrogens is 1. The summed E-state index contributed by atoms with van der Waals surface area (Å²) in [6.45, 7) is 3.91. The molecular weight excluding hydrogens is 278 g/mol. The van der Waals surface area contributed by atoms with E-state index in [9.17, 15) is 9.59 Å². The molecule has 1 fully saturated rings. The van der Waals surface area contributed by atoms with E-state index in [-0.39, 0.29) is 12.5 Å². The van der Waals surface area contributed by atoms with Crippen molar-refractivity contribution in [2.24, 2.45) is 5.92 Å². The maximum atomic E-state index is 12.3. The summed E-state index contributed by atoms with van der Waals surface area (Å²) in [4.78, 5) is 28.8. The van der Waals surface area contributed by atoms with Crippen molar-refractivity contribution in [3.05, 3.63) is 16.1 Å². The lowest BCUT2D eigenvalue weighted by molar-refractivity contribution is -0.136. The van der Waals surface area contributed by atoms with Crippen LogP contribution in [0.4, 0.5) is 0 Å². The molecule has 0 spiro atoms. The SMILES string of the molecule is Cc1nc(C(=O)N2CCCC(CNCC(=O)O)C2)cs1. The number of carboxylic acids is 1. The zero-order chi connectivity index (χ0) is 14.5. The molecular formula is C13H19N3O3S. The van der Waals surface area contributed by atoms with E-state index >= 15 is 0 Å². The maximum Gasteiger partial charge on any atom is 0.317 e. The second-order valence-electron chi connectivity index (χ2n) is 5.04. The van der Waals surface area contributed by atoms with Gasteiger partial charge in [-0.2, -0.15) is 0 Å². The summed E-state index contributed by atoms with van der Waals surface area (Å²) in [7, 11) is 0. The Morgan fingerprint density at radius 3 is 3.05 bits per heavy atom. The van der Waals surface area contributed by atoms with Gasteiger partial charge in [-0.3, -0.25) is 9.59 Å². The summed E-state index contributed by atoms with van der Waals surface area (Å²) in [6, 6.07) is 0. The Hall–Kier alpha value is -1.47. The van der Waals surface area contributed by atoms with E-state index in [1.807, 2.05) is 11.8 Å². The van der Waals surface area contributed by atoms with Crippen molar-refractivity contribution in [2.75, 3.05) is 26.2 Å². The van der Waals surface area contributed by atoms with Gasteiger partial charge < -0.3 is 15.3 Å². The molecule has 0 aromatic carbocycles. The van der Waals surface area contributed by atoms with Crippen molar-refractivity contribution in [2.45, 2.75) is 19.8 Å². The first-order valence-electron chi connectivity index (χ1n) is 6.70. The van der Waals surface area contributed by atoms with Crippen molar-refractivity contribution in [3.63, 3.8) is 0 Å². The largest absolute Gasteiger partial charge is 0.480 e. The first-order chi connectivity index (χ1) is 9.56. The molecule has 7 heteroatoms. The highest BCUT2D eigenvalue weighted by Crippen LogP contribution is 2.19. The van der Waals surface area contributed by atoms with Gasteiger partial charge in [0.2, 0.25) is 0 Å². The van der Waals surface area contributed by atoms with Gasteiger partial charge in [0.25, 0.3) is 5.91 Å². The van der Waals surface area contributed by atoms with Gasteiger partial charge in [-0.1, -0.05) is 0 Å². The van der Waals surface area contributed by atoms with E-state index in [1.54, 1.807) is 5.38 Å². The monoisotopic (exact) mass is 297 g/mol. The molecule has 0 bridgehead atoms. The third-order valence-corrected chi connectivity index (χ3v) is 4.13. The number of piperidine rings is 1. The Bertz CT molecular complexity index is 489. The van der Waals surface area contributed by atoms with Gasteiger partial charge in [0.15, 0.2) is 0 Å². The Labute approximate surface area is 121 Å². The lowest BCUT2D eigenvalue weighted by atomic mass is 9.98. The summed E-state index contributed by atoms with van der Waals surface area (Å²) in [5.74, 6) is -0.559. The Balaban J connectivity index is 1.86. The van der Waals surface area contributed by atoms with Gasteiger partial charge in [-0.25, -0.2) is 4.98 Å². The number of nitrogens with one attached hydrogen (secondary N) is 1. The van der Waals surface area contributed by atoms with E-state index < -0.39 is 5.97 Å². The van der Waals surface area contributed by atoms with Crippen LogP contribution in [-0.4, -0.2) is 53.0 Å². The van der Waals surface area contributed by atoms with Gasteiger partial charge in [0, 0.05) is 25.0 Å². The van der Waals surface area contributed by atoms with Crippen molar-refractivity contribution in [3.8, 4) is 0 Å². The van der Waals surface area contributed by atoms with Gasteiger partial charge in [-0.15, -0.1) is 11.3 Å².